The third kappa shape index (κ3) is 2.31. The number of carbonyl (C=O) groups is 1. The van der Waals surface area contributed by atoms with Crippen molar-refractivity contribution in [3.63, 3.8) is 0 Å². The molecule has 0 fully saturated rings. The topological polar surface area (TPSA) is 38.3 Å². The molecule has 0 bridgehead atoms. The van der Waals surface area contributed by atoms with Crippen molar-refractivity contribution in [1.29, 1.82) is 0 Å². The summed E-state index contributed by atoms with van der Waals surface area (Å²) in [6.45, 7) is 2.05. The lowest BCUT2D eigenvalue weighted by Gasteiger charge is -2.22. The molecule has 0 saturated heterocycles. The van der Waals surface area contributed by atoms with Crippen LogP contribution in [0.1, 0.15) is 11.1 Å². The zero-order chi connectivity index (χ0) is 12.4. The third-order valence-electron chi connectivity index (χ3n) is 2.79. The lowest BCUT2D eigenvalue weighted by atomic mass is 9.99. The van der Waals surface area contributed by atoms with Crippen LogP contribution in [0.2, 0.25) is 0 Å². The van der Waals surface area contributed by atoms with E-state index in [-0.39, 0.29) is 5.97 Å². The monoisotopic (exact) mass is 249 g/mol. The Morgan fingerprint density at radius 3 is 2.88 bits per heavy atom. The molecule has 0 saturated carbocycles. The van der Waals surface area contributed by atoms with E-state index < -0.39 is 0 Å². The number of rotatable bonds is 2. The van der Waals surface area contributed by atoms with Gasteiger partial charge in [-0.15, -0.1) is 11.8 Å². The van der Waals surface area contributed by atoms with Gasteiger partial charge in [0.25, 0.3) is 0 Å². The van der Waals surface area contributed by atoms with Gasteiger partial charge in [0.1, 0.15) is 0 Å². The number of thioether (sulfide) groups is 1. The second kappa shape index (κ2) is 4.84. The van der Waals surface area contributed by atoms with Gasteiger partial charge in [-0.05, 0) is 24.8 Å². The van der Waals surface area contributed by atoms with Crippen LogP contribution in [-0.2, 0) is 16.0 Å². The van der Waals surface area contributed by atoms with Gasteiger partial charge in [-0.2, -0.15) is 0 Å². The summed E-state index contributed by atoms with van der Waals surface area (Å²) in [4.78, 5) is 11.7. The summed E-state index contributed by atoms with van der Waals surface area (Å²) in [6.07, 6.45) is 2.58. The minimum atomic E-state index is -0.256. The highest BCUT2D eigenvalue weighted by atomic mass is 32.2. The molecule has 3 nitrogen and oxygen atoms in total. The minimum Gasteiger partial charge on any atom is -0.466 e. The molecule has 90 valence electrons. The largest absolute Gasteiger partial charge is 0.466 e. The van der Waals surface area contributed by atoms with Crippen molar-refractivity contribution in [3.8, 4) is 0 Å². The average Bonchev–Trinajstić information content (AvgIpc) is 2.36. The molecule has 1 aromatic carbocycles. The van der Waals surface area contributed by atoms with Crippen LogP contribution < -0.4 is 5.32 Å². The number of hydrogen-bond donors (Lipinski definition) is 1. The molecule has 0 atom stereocenters. The van der Waals surface area contributed by atoms with Crippen LogP contribution in [0, 0.1) is 6.92 Å². The molecule has 0 aromatic heterocycles. The SMILES string of the molecule is COC(=O)C1=C(SC)Nc2ccc(C)cc2C1. The molecule has 0 amide bonds. The van der Waals surface area contributed by atoms with Crippen molar-refractivity contribution < 1.29 is 9.53 Å². The predicted molar refractivity (Wildman–Crippen MR) is 71.1 cm³/mol. The van der Waals surface area contributed by atoms with E-state index in [1.54, 1.807) is 0 Å². The number of fused-ring (bicyclic) bond motifs is 1. The Morgan fingerprint density at radius 2 is 2.24 bits per heavy atom. The first-order valence-electron chi connectivity index (χ1n) is 5.37. The Bertz CT molecular complexity index is 494. The average molecular weight is 249 g/mol. The normalized spacial score (nSPS) is 14.1. The summed E-state index contributed by atoms with van der Waals surface area (Å²) in [5.74, 6) is -0.256. The van der Waals surface area contributed by atoms with Gasteiger partial charge in [-0.1, -0.05) is 17.7 Å². The van der Waals surface area contributed by atoms with Crippen molar-refractivity contribution >= 4 is 23.4 Å². The molecule has 1 heterocycles. The smallest absolute Gasteiger partial charge is 0.336 e. The molecular weight excluding hydrogens is 234 g/mol. The fourth-order valence-corrected chi connectivity index (χ4v) is 2.54. The number of aryl methyl sites for hydroxylation is 1. The van der Waals surface area contributed by atoms with E-state index in [2.05, 4.69) is 23.5 Å². The Labute approximate surface area is 105 Å². The molecule has 0 unspecified atom stereocenters. The Kier molecular flexibility index (Phi) is 3.43. The highest BCUT2D eigenvalue weighted by Gasteiger charge is 2.22. The van der Waals surface area contributed by atoms with Crippen LogP contribution >= 0.6 is 11.8 Å². The number of carbonyl (C=O) groups excluding carboxylic acids is 1. The number of benzene rings is 1. The first kappa shape index (κ1) is 12.0. The van der Waals surface area contributed by atoms with Gasteiger partial charge in [0.2, 0.25) is 0 Å². The standard InChI is InChI=1S/C13H15NO2S/c1-8-4-5-11-9(6-8)7-10(13(15)16-2)12(14-11)17-3/h4-6,14H,7H2,1-3H3. The van der Waals surface area contributed by atoms with Crippen LogP contribution in [0.5, 0.6) is 0 Å². The summed E-state index contributed by atoms with van der Waals surface area (Å²) in [5, 5.41) is 4.16. The first-order valence-corrected chi connectivity index (χ1v) is 6.60. The fourth-order valence-electron chi connectivity index (χ4n) is 1.92. The summed E-state index contributed by atoms with van der Waals surface area (Å²) in [6, 6.07) is 6.21. The summed E-state index contributed by atoms with van der Waals surface area (Å²) in [5.41, 5.74) is 4.12. The maximum atomic E-state index is 11.7. The Hall–Kier alpha value is -1.42. The Morgan fingerprint density at radius 1 is 1.47 bits per heavy atom. The number of anilines is 1. The highest BCUT2D eigenvalue weighted by molar-refractivity contribution is 8.02. The molecule has 1 aliphatic heterocycles. The van der Waals surface area contributed by atoms with Crippen LogP contribution in [0.3, 0.4) is 0 Å². The van der Waals surface area contributed by atoms with Gasteiger partial charge < -0.3 is 10.1 Å². The van der Waals surface area contributed by atoms with Crippen LogP contribution in [-0.4, -0.2) is 19.3 Å². The van der Waals surface area contributed by atoms with Crippen LogP contribution in [0.15, 0.2) is 28.8 Å². The lowest BCUT2D eigenvalue weighted by Crippen LogP contribution is -2.18. The van der Waals surface area contributed by atoms with E-state index in [1.165, 1.54) is 24.4 Å². The minimum absolute atomic E-state index is 0.256. The van der Waals surface area contributed by atoms with Crippen molar-refractivity contribution in [3.05, 3.63) is 39.9 Å². The van der Waals surface area contributed by atoms with Crippen molar-refractivity contribution in [2.75, 3.05) is 18.7 Å². The molecule has 1 aliphatic rings. The fraction of sp³-hybridized carbons (Fsp3) is 0.308. The Balaban J connectivity index is 2.40. The summed E-state index contributed by atoms with van der Waals surface area (Å²) < 4.78 is 4.82. The van der Waals surface area contributed by atoms with Gasteiger partial charge in [-0.25, -0.2) is 4.79 Å². The van der Waals surface area contributed by atoms with Crippen molar-refractivity contribution in [2.24, 2.45) is 0 Å². The second-order valence-corrected chi connectivity index (χ2v) is 4.78. The first-order chi connectivity index (χ1) is 8.15. The van der Waals surface area contributed by atoms with Gasteiger partial charge in [0, 0.05) is 12.1 Å². The third-order valence-corrected chi connectivity index (χ3v) is 3.54. The molecule has 17 heavy (non-hydrogen) atoms. The van der Waals surface area contributed by atoms with E-state index in [0.717, 1.165) is 16.3 Å². The maximum absolute atomic E-state index is 11.7. The molecule has 1 aromatic rings. The van der Waals surface area contributed by atoms with Gasteiger partial charge in [0.15, 0.2) is 0 Å². The molecule has 0 spiro atoms. The number of nitrogens with one attached hydrogen (secondary N) is 1. The van der Waals surface area contributed by atoms with Crippen LogP contribution in [0.4, 0.5) is 5.69 Å². The van der Waals surface area contributed by atoms with Gasteiger partial charge in [-0.3, -0.25) is 0 Å². The van der Waals surface area contributed by atoms with Crippen molar-refractivity contribution in [1.82, 2.24) is 0 Å². The molecular formula is C13H15NO2S. The predicted octanol–water partition coefficient (Wildman–Crippen LogP) is 2.71. The van der Waals surface area contributed by atoms with Gasteiger partial charge >= 0.3 is 5.97 Å². The quantitative estimate of drug-likeness (QED) is 0.818. The van der Waals surface area contributed by atoms with E-state index >= 15 is 0 Å². The molecule has 4 heteroatoms. The number of methoxy groups -OCH3 is 1. The second-order valence-electron chi connectivity index (χ2n) is 3.97. The number of hydrogen-bond acceptors (Lipinski definition) is 4. The number of ether oxygens (including phenoxy) is 1. The molecule has 2 rings (SSSR count). The van der Waals surface area contributed by atoms with Crippen LogP contribution in [0.25, 0.3) is 0 Å². The van der Waals surface area contributed by atoms with E-state index in [4.69, 9.17) is 4.74 Å². The number of esters is 1. The highest BCUT2D eigenvalue weighted by Crippen LogP contribution is 2.32. The van der Waals surface area contributed by atoms with Gasteiger partial charge in [0.05, 0.1) is 17.7 Å². The van der Waals surface area contributed by atoms with E-state index in [0.29, 0.717) is 12.0 Å². The summed E-state index contributed by atoms with van der Waals surface area (Å²) >= 11 is 1.53. The zero-order valence-electron chi connectivity index (χ0n) is 10.2. The van der Waals surface area contributed by atoms with E-state index in [1.807, 2.05) is 13.2 Å². The lowest BCUT2D eigenvalue weighted by molar-refractivity contribution is -0.136. The van der Waals surface area contributed by atoms with Crippen molar-refractivity contribution in [2.45, 2.75) is 13.3 Å². The summed E-state index contributed by atoms with van der Waals surface area (Å²) in [7, 11) is 1.42. The molecule has 0 radical (unpaired) electrons. The van der Waals surface area contributed by atoms with E-state index in [9.17, 15) is 4.79 Å². The maximum Gasteiger partial charge on any atom is 0.336 e. The molecule has 1 N–H and O–H groups in total. The zero-order valence-corrected chi connectivity index (χ0v) is 11.0. The molecule has 0 aliphatic carbocycles.